The third-order valence-corrected chi connectivity index (χ3v) is 3.03. The summed E-state index contributed by atoms with van der Waals surface area (Å²) < 4.78 is 0. The summed E-state index contributed by atoms with van der Waals surface area (Å²) in [7, 11) is 0. The summed E-state index contributed by atoms with van der Waals surface area (Å²) in [5, 5.41) is 12.8. The number of benzene rings is 1. The Morgan fingerprint density at radius 1 is 1.35 bits per heavy atom. The number of hydrogen-bond donors (Lipinski definition) is 2. The molecule has 1 amide bonds. The first-order valence-corrected chi connectivity index (χ1v) is 5.70. The van der Waals surface area contributed by atoms with Gasteiger partial charge in [0.25, 0.3) is 5.91 Å². The number of nitrogens with zero attached hydrogens (tertiary/aromatic N) is 1. The number of aliphatic hydroxyl groups excluding tert-OH is 1. The number of nitrogens with one attached hydrogen (secondary N) is 1. The molecule has 1 aromatic rings. The third-order valence-electron chi connectivity index (χ3n) is 2.42. The van der Waals surface area contributed by atoms with Crippen molar-refractivity contribution in [2.45, 2.75) is 13.1 Å². The molecule has 17 heavy (non-hydrogen) atoms. The van der Waals surface area contributed by atoms with Crippen LogP contribution in [-0.4, -0.2) is 17.2 Å². The van der Waals surface area contributed by atoms with Crippen LogP contribution in [0.25, 0.3) is 0 Å². The molecule has 1 unspecified atom stereocenters. The molecular weight excluding hydrogens is 263 g/mol. The summed E-state index contributed by atoms with van der Waals surface area (Å²) in [5.41, 5.74) is 0.435. The molecule has 1 atom stereocenters. The summed E-state index contributed by atoms with van der Waals surface area (Å²) >= 11 is 12.1. The Labute approximate surface area is 108 Å². The van der Waals surface area contributed by atoms with Crippen LogP contribution in [0.2, 0.25) is 10.0 Å². The molecule has 0 saturated carbocycles. The Balaban J connectivity index is 2.50. The van der Waals surface area contributed by atoms with Crippen molar-refractivity contribution in [2.24, 2.45) is 0 Å². The van der Waals surface area contributed by atoms with E-state index in [9.17, 15) is 9.90 Å². The predicted octanol–water partition coefficient (Wildman–Crippen LogP) is 2.68. The molecule has 0 radical (unpaired) electrons. The van der Waals surface area contributed by atoms with Gasteiger partial charge >= 0.3 is 0 Å². The van der Waals surface area contributed by atoms with Crippen molar-refractivity contribution < 1.29 is 9.90 Å². The molecule has 2 N–H and O–H groups in total. The standard InChI is InChI=1S/C11H10Cl2N2O2/c1-6-14-9(16)5-10(17)15(6)11-7(12)3-2-4-8(11)13/h2-6,14,16H,1H3. The zero-order valence-electron chi connectivity index (χ0n) is 8.95. The zero-order chi connectivity index (χ0) is 12.6. The van der Waals surface area contributed by atoms with Crippen molar-refractivity contribution in [3.05, 3.63) is 40.2 Å². The molecule has 1 aliphatic heterocycles. The van der Waals surface area contributed by atoms with Crippen LogP contribution >= 0.6 is 23.2 Å². The van der Waals surface area contributed by atoms with E-state index in [1.165, 1.54) is 4.90 Å². The minimum atomic E-state index is -0.426. The van der Waals surface area contributed by atoms with Crippen LogP contribution in [0.3, 0.4) is 0 Å². The molecule has 0 spiro atoms. The van der Waals surface area contributed by atoms with Crippen molar-refractivity contribution >= 4 is 34.8 Å². The summed E-state index contributed by atoms with van der Waals surface area (Å²) in [6, 6.07) is 5.01. The van der Waals surface area contributed by atoms with Gasteiger partial charge in [0.1, 0.15) is 6.17 Å². The molecule has 0 bridgehead atoms. The number of para-hydroxylation sites is 1. The van der Waals surface area contributed by atoms with Crippen molar-refractivity contribution in [3.63, 3.8) is 0 Å². The van der Waals surface area contributed by atoms with Gasteiger partial charge in [0.05, 0.1) is 21.8 Å². The SMILES string of the molecule is CC1NC(O)=CC(=O)N1c1c(Cl)cccc1Cl. The van der Waals surface area contributed by atoms with Gasteiger partial charge in [-0.3, -0.25) is 9.69 Å². The van der Waals surface area contributed by atoms with E-state index in [4.69, 9.17) is 23.2 Å². The molecular formula is C11H10Cl2N2O2. The van der Waals surface area contributed by atoms with Crippen LogP contribution in [0.1, 0.15) is 6.92 Å². The summed E-state index contributed by atoms with van der Waals surface area (Å²) in [4.78, 5) is 13.2. The fourth-order valence-electron chi connectivity index (χ4n) is 1.72. The van der Waals surface area contributed by atoms with Crippen LogP contribution in [0.4, 0.5) is 5.69 Å². The Bertz CT molecular complexity index is 482. The number of amides is 1. The van der Waals surface area contributed by atoms with Crippen LogP contribution in [-0.2, 0) is 4.79 Å². The number of aliphatic hydroxyl groups is 1. The lowest BCUT2D eigenvalue weighted by atomic mass is 10.2. The number of halogens is 2. The van der Waals surface area contributed by atoms with Gasteiger partial charge in [-0.15, -0.1) is 0 Å². The first kappa shape index (κ1) is 12.1. The largest absolute Gasteiger partial charge is 0.495 e. The van der Waals surface area contributed by atoms with Gasteiger partial charge in [0, 0.05) is 0 Å². The maximum absolute atomic E-state index is 11.9. The molecule has 1 aliphatic rings. The third kappa shape index (κ3) is 2.18. The van der Waals surface area contributed by atoms with E-state index < -0.39 is 6.17 Å². The molecule has 0 saturated heterocycles. The van der Waals surface area contributed by atoms with Gasteiger partial charge in [0.2, 0.25) is 0 Å². The number of hydrogen-bond acceptors (Lipinski definition) is 3. The average Bonchev–Trinajstić information content (AvgIpc) is 2.21. The van der Waals surface area contributed by atoms with Gasteiger partial charge in [-0.2, -0.15) is 0 Å². The van der Waals surface area contributed by atoms with E-state index in [1.807, 2.05) is 0 Å². The zero-order valence-corrected chi connectivity index (χ0v) is 10.5. The van der Waals surface area contributed by atoms with E-state index in [-0.39, 0.29) is 11.8 Å². The highest BCUT2D eigenvalue weighted by Crippen LogP contribution is 2.35. The van der Waals surface area contributed by atoms with Gasteiger partial charge in [0.15, 0.2) is 5.88 Å². The van der Waals surface area contributed by atoms with Crippen LogP contribution < -0.4 is 10.2 Å². The van der Waals surface area contributed by atoms with Crippen molar-refractivity contribution in [2.75, 3.05) is 4.90 Å². The Kier molecular flexibility index (Phi) is 3.17. The quantitative estimate of drug-likeness (QED) is 0.827. The molecule has 90 valence electrons. The van der Waals surface area contributed by atoms with E-state index in [1.54, 1.807) is 25.1 Å². The van der Waals surface area contributed by atoms with E-state index in [2.05, 4.69) is 5.32 Å². The lowest BCUT2D eigenvalue weighted by Crippen LogP contribution is -2.50. The van der Waals surface area contributed by atoms with E-state index in [0.717, 1.165) is 6.08 Å². The normalized spacial score (nSPS) is 19.9. The average molecular weight is 273 g/mol. The first-order valence-electron chi connectivity index (χ1n) is 4.95. The van der Waals surface area contributed by atoms with Crippen molar-refractivity contribution in [1.82, 2.24) is 5.32 Å². The Hall–Kier alpha value is -1.39. The van der Waals surface area contributed by atoms with Gasteiger partial charge in [-0.05, 0) is 19.1 Å². The van der Waals surface area contributed by atoms with Gasteiger partial charge in [-0.1, -0.05) is 29.3 Å². The number of carbonyl (C=O) groups is 1. The highest BCUT2D eigenvalue weighted by molar-refractivity contribution is 6.40. The lowest BCUT2D eigenvalue weighted by molar-refractivity contribution is -0.115. The summed E-state index contributed by atoms with van der Waals surface area (Å²) in [6.07, 6.45) is 0.657. The fourth-order valence-corrected chi connectivity index (χ4v) is 2.30. The molecule has 4 nitrogen and oxygen atoms in total. The van der Waals surface area contributed by atoms with E-state index in [0.29, 0.717) is 15.7 Å². The van der Waals surface area contributed by atoms with Crippen LogP contribution in [0.15, 0.2) is 30.2 Å². The number of rotatable bonds is 1. The molecule has 0 aliphatic carbocycles. The second-order valence-corrected chi connectivity index (χ2v) is 4.44. The molecule has 1 aromatic carbocycles. The minimum absolute atomic E-state index is 0.165. The molecule has 6 heteroatoms. The predicted molar refractivity (Wildman–Crippen MR) is 67.3 cm³/mol. The number of anilines is 1. The number of carbonyl (C=O) groups excluding carboxylic acids is 1. The van der Waals surface area contributed by atoms with Gasteiger partial charge in [-0.25, -0.2) is 0 Å². The second kappa shape index (κ2) is 4.47. The first-order chi connectivity index (χ1) is 8.00. The maximum atomic E-state index is 11.9. The van der Waals surface area contributed by atoms with Crippen molar-refractivity contribution in [3.8, 4) is 0 Å². The summed E-state index contributed by atoms with van der Waals surface area (Å²) in [5.74, 6) is -0.536. The van der Waals surface area contributed by atoms with Crippen molar-refractivity contribution in [1.29, 1.82) is 0 Å². The highest BCUT2D eigenvalue weighted by atomic mass is 35.5. The van der Waals surface area contributed by atoms with Crippen LogP contribution in [0.5, 0.6) is 0 Å². The molecule has 0 fully saturated rings. The Morgan fingerprint density at radius 2 is 1.94 bits per heavy atom. The highest BCUT2D eigenvalue weighted by Gasteiger charge is 2.29. The van der Waals surface area contributed by atoms with E-state index >= 15 is 0 Å². The Morgan fingerprint density at radius 3 is 2.47 bits per heavy atom. The fraction of sp³-hybridized carbons (Fsp3) is 0.182. The monoisotopic (exact) mass is 272 g/mol. The molecule has 2 rings (SSSR count). The van der Waals surface area contributed by atoms with Gasteiger partial charge < -0.3 is 10.4 Å². The minimum Gasteiger partial charge on any atom is -0.495 e. The van der Waals surface area contributed by atoms with Crippen LogP contribution in [0, 0.1) is 0 Å². The smallest absolute Gasteiger partial charge is 0.258 e. The summed E-state index contributed by atoms with van der Waals surface area (Å²) in [6.45, 7) is 1.72. The lowest BCUT2D eigenvalue weighted by Gasteiger charge is -2.33. The topological polar surface area (TPSA) is 52.6 Å². The molecule has 0 aromatic heterocycles. The second-order valence-electron chi connectivity index (χ2n) is 3.63. The maximum Gasteiger partial charge on any atom is 0.258 e. The molecule has 1 heterocycles.